The first-order valence-electron chi connectivity index (χ1n) is 8.73. The Bertz CT molecular complexity index is 1060. The molecular weight excluding hydrogens is 380 g/mol. The molecule has 1 aromatic heterocycles. The van der Waals surface area contributed by atoms with Gasteiger partial charge < -0.3 is 15.4 Å². The Morgan fingerprint density at radius 3 is 2.52 bits per heavy atom. The van der Waals surface area contributed by atoms with Crippen LogP contribution in [0.1, 0.15) is 27.8 Å². The van der Waals surface area contributed by atoms with Crippen molar-refractivity contribution in [3.05, 3.63) is 83.7 Å². The van der Waals surface area contributed by atoms with E-state index >= 15 is 0 Å². The second-order valence-electron chi connectivity index (χ2n) is 5.90. The largest absolute Gasteiger partial charge is 0.492 e. The smallest absolute Gasteiger partial charge is 0.274 e. The quantitative estimate of drug-likeness (QED) is 0.651. The van der Waals surface area contributed by atoms with Gasteiger partial charge in [-0.3, -0.25) is 14.6 Å². The van der Waals surface area contributed by atoms with E-state index in [0.717, 1.165) is 12.1 Å². The van der Waals surface area contributed by atoms with Crippen LogP contribution in [0.15, 0.2) is 60.8 Å². The number of pyridine rings is 1. The van der Waals surface area contributed by atoms with Crippen molar-refractivity contribution < 1.29 is 23.1 Å². The van der Waals surface area contributed by atoms with Crippen LogP contribution in [0, 0.1) is 11.6 Å². The molecule has 2 aromatic carbocycles. The molecular formula is C21H17F2N3O3. The molecule has 0 saturated heterocycles. The zero-order chi connectivity index (χ0) is 20.8. The fraction of sp³-hybridized carbons (Fsp3) is 0.0952. The number of anilines is 2. The summed E-state index contributed by atoms with van der Waals surface area (Å²) in [6.45, 7) is 2.26. The number of halogens is 2. The molecule has 0 unspecified atom stereocenters. The highest BCUT2D eigenvalue weighted by atomic mass is 19.2. The number of nitrogens with one attached hydrogen (secondary N) is 2. The van der Waals surface area contributed by atoms with Crippen LogP contribution >= 0.6 is 0 Å². The monoisotopic (exact) mass is 397 g/mol. The summed E-state index contributed by atoms with van der Waals surface area (Å²) in [7, 11) is 0. The zero-order valence-electron chi connectivity index (χ0n) is 15.4. The maximum atomic E-state index is 13.3. The molecule has 8 heteroatoms. The molecule has 148 valence electrons. The molecule has 3 aromatic rings. The molecule has 2 amide bonds. The normalized spacial score (nSPS) is 10.3. The molecule has 0 radical (unpaired) electrons. The lowest BCUT2D eigenvalue weighted by Crippen LogP contribution is -2.17. The molecule has 0 aliphatic rings. The van der Waals surface area contributed by atoms with E-state index in [1.807, 2.05) is 6.92 Å². The predicted octanol–water partition coefficient (Wildman–Crippen LogP) is 4.26. The number of hydrogen-bond donors (Lipinski definition) is 2. The van der Waals surface area contributed by atoms with Gasteiger partial charge in [0.2, 0.25) is 0 Å². The Morgan fingerprint density at radius 1 is 0.966 bits per heavy atom. The van der Waals surface area contributed by atoms with Gasteiger partial charge in [0, 0.05) is 23.5 Å². The number of carbonyl (C=O) groups is 2. The van der Waals surface area contributed by atoms with Gasteiger partial charge >= 0.3 is 0 Å². The second kappa shape index (κ2) is 8.92. The number of carbonyl (C=O) groups excluding carboxylic acids is 2. The summed E-state index contributed by atoms with van der Waals surface area (Å²) in [5.74, 6) is -2.71. The zero-order valence-corrected chi connectivity index (χ0v) is 15.4. The average molecular weight is 397 g/mol. The van der Waals surface area contributed by atoms with E-state index in [1.54, 1.807) is 24.3 Å². The SMILES string of the molecule is CCOc1ccccc1NC(=O)c1cc(C(=O)Nc2ccc(F)c(F)c2)ccn1. The van der Waals surface area contributed by atoms with Crippen LogP contribution in [0.25, 0.3) is 0 Å². The van der Waals surface area contributed by atoms with Gasteiger partial charge in [-0.15, -0.1) is 0 Å². The van der Waals surface area contributed by atoms with Gasteiger partial charge in [-0.25, -0.2) is 8.78 Å². The molecule has 0 aliphatic carbocycles. The molecule has 6 nitrogen and oxygen atoms in total. The molecule has 29 heavy (non-hydrogen) atoms. The van der Waals surface area contributed by atoms with Gasteiger partial charge in [0.05, 0.1) is 12.3 Å². The lowest BCUT2D eigenvalue weighted by molar-refractivity contribution is 0.102. The summed E-state index contributed by atoms with van der Waals surface area (Å²) >= 11 is 0. The van der Waals surface area contributed by atoms with Gasteiger partial charge in [0.15, 0.2) is 11.6 Å². The molecule has 0 fully saturated rings. The number of nitrogens with zero attached hydrogens (tertiary/aromatic N) is 1. The number of ether oxygens (including phenoxy) is 1. The van der Waals surface area contributed by atoms with Crippen LogP contribution in [0.4, 0.5) is 20.2 Å². The van der Waals surface area contributed by atoms with Crippen LogP contribution in [0.5, 0.6) is 5.75 Å². The van der Waals surface area contributed by atoms with Gasteiger partial charge in [0.25, 0.3) is 11.8 Å². The average Bonchev–Trinajstić information content (AvgIpc) is 2.72. The summed E-state index contributed by atoms with van der Waals surface area (Å²) in [6.07, 6.45) is 1.31. The van der Waals surface area contributed by atoms with Crippen molar-refractivity contribution in [3.8, 4) is 5.75 Å². The lowest BCUT2D eigenvalue weighted by Gasteiger charge is -2.11. The van der Waals surface area contributed by atoms with Crippen LogP contribution in [0.2, 0.25) is 0 Å². The minimum absolute atomic E-state index is 0.00855. The fourth-order valence-corrected chi connectivity index (χ4v) is 2.51. The van der Waals surface area contributed by atoms with Crippen molar-refractivity contribution in [1.82, 2.24) is 4.98 Å². The Labute approximate surface area is 165 Å². The second-order valence-corrected chi connectivity index (χ2v) is 5.90. The van der Waals surface area contributed by atoms with Crippen molar-refractivity contribution in [1.29, 1.82) is 0 Å². The third-order valence-electron chi connectivity index (χ3n) is 3.87. The summed E-state index contributed by atoms with van der Waals surface area (Å²) in [6, 6.07) is 12.6. The third-order valence-corrected chi connectivity index (χ3v) is 3.87. The van der Waals surface area contributed by atoms with Gasteiger partial charge in [0.1, 0.15) is 11.4 Å². The van der Waals surface area contributed by atoms with E-state index in [0.29, 0.717) is 18.0 Å². The van der Waals surface area contributed by atoms with Crippen LogP contribution in [0.3, 0.4) is 0 Å². The van der Waals surface area contributed by atoms with Crippen molar-refractivity contribution in [2.24, 2.45) is 0 Å². The maximum absolute atomic E-state index is 13.3. The first-order valence-corrected chi connectivity index (χ1v) is 8.73. The third kappa shape index (κ3) is 4.92. The van der Waals surface area contributed by atoms with Gasteiger partial charge in [-0.05, 0) is 43.3 Å². The molecule has 0 bridgehead atoms. The van der Waals surface area contributed by atoms with Crippen molar-refractivity contribution >= 4 is 23.2 Å². The number of hydrogen-bond acceptors (Lipinski definition) is 4. The fourth-order valence-electron chi connectivity index (χ4n) is 2.51. The van der Waals surface area contributed by atoms with Crippen LogP contribution in [-0.4, -0.2) is 23.4 Å². The Morgan fingerprint density at radius 2 is 1.76 bits per heavy atom. The van der Waals surface area contributed by atoms with E-state index in [4.69, 9.17) is 4.74 Å². The highest BCUT2D eigenvalue weighted by Gasteiger charge is 2.14. The molecule has 1 heterocycles. The summed E-state index contributed by atoms with van der Waals surface area (Å²) in [5, 5.41) is 5.13. The molecule has 0 aliphatic heterocycles. The van der Waals surface area contributed by atoms with Crippen molar-refractivity contribution in [2.45, 2.75) is 6.92 Å². The standard InChI is InChI=1S/C21H17F2N3O3/c1-2-29-19-6-4-3-5-17(19)26-21(28)18-11-13(9-10-24-18)20(27)25-14-7-8-15(22)16(23)12-14/h3-12H,2H2,1H3,(H,25,27)(H,26,28). The van der Waals surface area contributed by atoms with Gasteiger partial charge in [-0.1, -0.05) is 12.1 Å². The Kier molecular flexibility index (Phi) is 6.13. The Balaban J connectivity index is 1.75. The van der Waals surface area contributed by atoms with Crippen molar-refractivity contribution in [3.63, 3.8) is 0 Å². The van der Waals surface area contributed by atoms with Crippen LogP contribution in [-0.2, 0) is 0 Å². The number of aromatic nitrogens is 1. The number of benzene rings is 2. The Hall–Kier alpha value is -3.81. The summed E-state index contributed by atoms with van der Waals surface area (Å²) in [4.78, 5) is 28.9. The molecule has 3 rings (SSSR count). The summed E-state index contributed by atoms with van der Waals surface area (Å²) < 4.78 is 31.8. The first-order chi connectivity index (χ1) is 14.0. The van der Waals surface area contributed by atoms with E-state index < -0.39 is 23.4 Å². The highest BCUT2D eigenvalue weighted by Crippen LogP contribution is 2.24. The van der Waals surface area contributed by atoms with Crippen LogP contribution < -0.4 is 15.4 Å². The van der Waals surface area contributed by atoms with E-state index in [2.05, 4.69) is 15.6 Å². The minimum Gasteiger partial charge on any atom is -0.492 e. The first kappa shape index (κ1) is 19.9. The number of para-hydroxylation sites is 2. The van der Waals surface area contributed by atoms with Gasteiger partial charge in [-0.2, -0.15) is 0 Å². The molecule has 0 spiro atoms. The topological polar surface area (TPSA) is 80.3 Å². The minimum atomic E-state index is -1.08. The predicted molar refractivity (Wildman–Crippen MR) is 104 cm³/mol. The number of amides is 2. The maximum Gasteiger partial charge on any atom is 0.274 e. The lowest BCUT2D eigenvalue weighted by atomic mass is 10.2. The highest BCUT2D eigenvalue weighted by molar-refractivity contribution is 6.08. The molecule has 2 N–H and O–H groups in total. The molecule has 0 atom stereocenters. The van der Waals surface area contributed by atoms with E-state index in [1.165, 1.54) is 24.4 Å². The van der Waals surface area contributed by atoms with E-state index in [-0.39, 0.29) is 16.9 Å². The van der Waals surface area contributed by atoms with E-state index in [9.17, 15) is 18.4 Å². The summed E-state index contributed by atoms with van der Waals surface area (Å²) in [5.41, 5.74) is 0.697. The molecule has 0 saturated carbocycles. The number of rotatable bonds is 6. The van der Waals surface area contributed by atoms with Crippen molar-refractivity contribution in [2.75, 3.05) is 17.2 Å².